The summed E-state index contributed by atoms with van der Waals surface area (Å²) >= 11 is 0. The van der Waals surface area contributed by atoms with Gasteiger partial charge < -0.3 is 10.5 Å². The first kappa shape index (κ1) is 12.9. The van der Waals surface area contributed by atoms with Gasteiger partial charge in [0, 0.05) is 12.5 Å². The van der Waals surface area contributed by atoms with Crippen molar-refractivity contribution in [1.82, 2.24) is 0 Å². The zero-order valence-electron chi connectivity index (χ0n) is 9.54. The smallest absolute Gasteiger partial charge is 0.270 e. The number of rotatable bonds is 5. The SMILES string of the molecule is CC(CCN)Oc1ccc(C(C)(F)F)cc1. The Kier molecular flexibility index (Phi) is 4.24. The quantitative estimate of drug-likeness (QED) is 0.842. The van der Waals surface area contributed by atoms with Crippen molar-refractivity contribution in [3.8, 4) is 5.75 Å². The fourth-order valence-electron chi connectivity index (χ4n) is 1.35. The second-order valence-electron chi connectivity index (χ2n) is 3.92. The molecule has 0 aromatic heterocycles. The average molecular weight is 229 g/mol. The van der Waals surface area contributed by atoms with E-state index in [2.05, 4.69) is 0 Å². The Bertz CT molecular complexity index is 319. The summed E-state index contributed by atoms with van der Waals surface area (Å²) in [6.45, 7) is 3.32. The summed E-state index contributed by atoms with van der Waals surface area (Å²) in [5, 5.41) is 0. The van der Waals surface area contributed by atoms with E-state index in [1.807, 2.05) is 6.92 Å². The fourth-order valence-corrected chi connectivity index (χ4v) is 1.35. The van der Waals surface area contributed by atoms with Gasteiger partial charge in [-0.1, -0.05) is 0 Å². The summed E-state index contributed by atoms with van der Waals surface area (Å²) < 4.78 is 31.3. The highest BCUT2D eigenvalue weighted by Gasteiger charge is 2.23. The van der Waals surface area contributed by atoms with Gasteiger partial charge in [-0.25, -0.2) is 8.78 Å². The van der Waals surface area contributed by atoms with Crippen molar-refractivity contribution in [1.29, 1.82) is 0 Å². The Morgan fingerprint density at radius 1 is 1.31 bits per heavy atom. The number of halogens is 2. The van der Waals surface area contributed by atoms with E-state index in [4.69, 9.17) is 10.5 Å². The maximum atomic E-state index is 12.9. The molecule has 90 valence electrons. The topological polar surface area (TPSA) is 35.2 Å². The van der Waals surface area contributed by atoms with Crippen LogP contribution in [0.1, 0.15) is 25.8 Å². The predicted molar refractivity (Wildman–Crippen MR) is 59.8 cm³/mol. The Balaban J connectivity index is 2.65. The monoisotopic (exact) mass is 229 g/mol. The second-order valence-corrected chi connectivity index (χ2v) is 3.92. The molecule has 0 radical (unpaired) electrons. The number of benzene rings is 1. The minimum absolute atomic E-state index is 0.00186. The highest BCUT2D eigenvalue weighted by atomic mass is 19.3. The van der Waals surface area contributed by atoms with Gasteiger partial charge >= 0.3 is 0 Å². The van der Waals surface area contributed by atoms with Gasteiger partial charge in [-0.05, 0) is 44.2 Å². The van der Waals surface area contributed by atoms with Crippen molar-refractivity contribution in [3.05, 3.63) is 29.8 Å². The summed E-state index contributed by atoms with van der Waals surface area (Å²) in [6, 6.07) is 5.87. The summed E-state index contributed by atoms with van der Waals surface area (Å²) in [5.74, 6) is -2.21. The third-order valence-corrected chi connectivity index (χ3v) is 2.27. The lowest BCUT2D eigenvalue weighted by Gasteiger charge is -2.15. The molecule has 0 saturated carbocycles. The van der Waals surface area contributed by atoms with E-state index >= 15 is 0 Å². The fraction of sp³-hybridized carbons (Fsp3) is 0.500. The highest BCUT2D eigenvalue weighted by Crippen LogP contribution is 2.28. The van der Waals surface area contributed by atoms with Crippen LogP contribution in [-0.4, -0.2) is 12.6 Å². The van der Waals surface area contributed by atoms with E-state index in [1.54, 1.807) is 12.1 Å². The molecule has 1 rings (SSSR count). The van der Waals surface area contributed by atoms with Crippen LogP contribution in [-0.2, 0) is 5.92 Å². The molecule has 1 aromatic rings. The molecule has 0 amide bonds. The van der Waals surface area contributed by atoms with Gasteiger partial charge in [-0.15, -0.1) is 0 Å². The zero-order valence-corrected chi connectivity index (χ0v) is 9.54. The van der Waals surface area contributed by atoms with Crippen LogP contribution < -0.4 is 10.5 Å². The maximum absolute atomic E-state index is 12.9. The number of hydrogen-bond acceptors (Lipinski definition) is 2. The van der Waals surface area contributed by atoms with Gasteiger partial charge in [0.05, 0.1) is 6.10 Å². The van der Waals surface area contributed by atoms with Gasteiger partial charge in [0.2, 0.25) is 0 Å². The van der Waals surface area contributed by atoms with Crippen molar-refractivity contribution in [3.63, 3.8) is 0 Å². The Labute approximate surface area is 94.4 Å². The molecule has 1 atom stereocenters. The van der Waals surface area contributed by atoms with E-state index in [1.165, 1.54) is 12.1 Å². The molecule has 4 heteroatoms. The van der Waals surface area contributed by atoms with Crippen LogP contribution in [0.4, 0.5) is 8.78 Å². The van der Waals surface area contributed by atoms with Crippen LogP contribution in [0.15, 0.2) is 24.3 Å². The van der Waals surface area contributed by atoms with Crippen LogP contribution in [0.3, 0.4) is 0 Å². The molecule has 0 fully saturated rings. The number of nitrogens with two attached hydrogens (primary N) is 1. The van der Waals surface area contributed by atoms with Crippen LogP contribution in [0.5, 0.6) is 5.75 Å². The third kappa shape index (κ3) is 3.77. The van der Waals surface area contributed by atoms with Crippen molar-refractivity contribution < 1.29 is 13.5 Å². The Morgan fingerprint density at radius 2 is 1.88 bits per heavy atom. The van der Waals surface area contributed by atoms with Crippen molar-refractivity contribution >= 4 is 0 Å². The molecule has 16 heavy (non-hydrogen) atoms. The molecule has 0 saturated heterocycles. The first-order valence-electron chi connectivity index (χ1n) is 5.28. The summed E-state index contributed by atoms with van der Waals surface area (Å²) in [7, 11) is 0. The molecule has 0 aliphatic carbocycles. The van der Waals surface area contributed by atoms with E-state index in [9.17, 15) is 8.78 Å². The van der Waals surface area contributed by atoms with Gasteiger partial charge in [0.15, 0.2) is 0 Å². The average Bonchev–Trinajstić information content (AvgIpc) is 2.17. The second kappa shape index (κ2) is 5.25. The van der Waals surface area contributed by atoms with E-state index < -0.39 is 5.92 Å². The van der Waals surface area contributed by atoms with E-state index in [0.717, 1.165) is 13.3 Å². The minimum atomic E-state index is -2.80. The van der Waals surface area contributed by atoms with Crippen molar-refractivity contribution in [2.45, 2.75) is 32.3 Å². The molecule has 1 unspecified atom stereocenters. The standard InChI is InChI=1S/C12H17F2NO/c1-9(7-8-15)16-11-5-3-10(4-6-11)12(2,13)14/h3-6,9H,7-8,15H2,1-2H3. The van der Waals surface area contributed by atoms with Gasteiger partial charge in [-0.3, -0.25) is 0 Å². The first-order valence-corrected chi connectivity index (χ1v) is 5.28. The number of hydrogen-bond donors (Lipinski definition) is 1. The van der Waals surface area contributed by atoms with Gasteiger partial charge in [-0.2, -0.15) is 0 Å². The summed E-state index contributed by atoms with van der Waals surface area (Å²) in [5.41, 5.74) is 5.38. The molecule has 0 aliphatic heterocycles. The molecule has 0 bridgehead atoms. The first-order chi connectivity index (χ1) is 7.43. The molecule has 2 N–H and O–H groups in total. The normalized spacial score (nSPS) is 13.6. The van der Waals surface area contributed by atoms with Gasteiger partial charge in [0.25, 0.3) is 5.92 Å². The Morgan fingerprint density at radius 3 is 2.31 bits per heavy atom. The zero-order chi connectivity index (χ0) is 12.2. The molecule has 0 spiro atoms. The minimum Gasteiger partial charge on any atom is -0.491 e. The van der Waals surface area contributed by atoms with Crippen LogP contribution in [0, 0.1) is 0 Å². The van der Waals surface area contributed by atoms with Gasteiger partial charge in [0.1, 0.15) is 5.75 Å². The Hall–Kier alpha value is -1.16. The number of ether oxygens (including phenoxy) is 1. The lowest BCUT2D eigenvalue weighted by atomic mass is 10.1. The van der Waals surface area contributed by atoms with Crippen LogP contribution >= 0.6 is 0 Å². The van der Waals surface area contributed by atoms with Crippen molar-refractivity contribution in [2.24, 2.45) is 5.73 Å². The van der Waals surface area contributed by atoms with E-state index in [0.29, 0.717) is 12.3 Å². The maximum Gasteiger partial charge on any atom is 0.270 e. The van der Waals surface area contributed by atoms with Crippen LogP contribution in [0.2, 0.25) is 0 Å². The molecule has 0 aliphatic rings. The molecule has 1 aromatic carbocycles. The highest BCUT2D eigenvalue weighted by molar-refractivity contribution is 5.29. The number of alkyl halides is 2. The summed E-state index contributed by atoms with van der Waals surface area (Å²) in [4.78, 5) is 0. The third-order valence-electron chi connectivity index (χ3n) is 2.27. The van der Waals surface area contributed by atoms with Crippen molar-refractivity contribution in [2.75, 3.05) is 6.54 Å². The largest absolute Gasteiger partial charge is 0.491 e. The van der Waals surface area contributed by atoms with E-state index in [-0.39, 0.29) is 11.7 Å². The lowest BCUT2D eigenvalue weighted by Crippen LogP contribution is -2.17. The molecule has 2 nitrogen and oxygen atoms in total. The predicted octanol–water partition coefficient (Wildman–Crippen LogP) is 2.91. The lowest BCUT2D eigenvalue weighted by molar-refractivity contribution is 0.0174. The summed E-state index contributed by atoms with van der Waals surface area (Å²) in [6.07, 6.45) is 0.740. The molecule has 0 heterocycles. The molecular weight excluding hydrogens is 212 g/mol. The molecular formula is C12H17F2NO. The van der Waals surface area contributed by atoms with Crippen LogP contribution in [0.25, 0.3) is 0 Å².